The van der Waals surface area contributed by atoms with Gasteiger partial charge in [-0.3, -0.25) is 24.1 Å². The number of alkyl halides is 3. The van der Waals surface area contributed by atoms with Crippen molar-refractivity contribution in [3.05, 3.63) is 42.5 Å². The molecule has 0 aromatic heterocycles. The van der Waals surface area contributed by atoms with E-state index in [1.807, 2.05) is 0 Å². The minimum Gasteiger partial charge on any atom is -0.335 e. The van der Waals surface area contributed by atoms with Gasteiger partial charge in [-0.2, -0.15) is 13.2 Å². The number of imide groups is 2. The van der Waals surface area contributed by atoms with Crippen LogP contribution in [0.1, 0.15) is 5.56 Å². The highest BCUT2D eigenvalue weighted by atomic mass is 19.4. The number of hydrogen-bond acceptors (Lipinski definition) is 5. The van der Waals surface area contributed by atoms with Crippen molar-refractivity contribution in [1.82, 2.24) is 14.7 Å². The predicted molar refractivity (Wildman–Crippen MR) is 96.7 cm³/mol. The van der Waals surface area contributed by atoms with E-state index in [-0.39, 0.29) is 6.54 Å². The SMILES string of the molecule is C=CCN1C(=O)C(=O)N(CC(=O)N(C)CC(=O)Nc2ccccc2C(F)(F)F)C1=O. The lowest BCUT2D eigenvalue weighted by molar-refractivity contribution is -0.144. The number of halogens is 3. The number of carbonyl (C=O) groups is 5. The molecule has 1 fully saturated rings. The summed E-state index contributed by atoms with van der Waals surface area (Å²) in [6.07, 6.45) is -3.46. The van der Waals surface area contributed by atoms with E-state index in [9.17, 15) is 37.1 Å². The fraction of sp³-hybridized carbons (Fsp3) is 0.278. The highest BCUT2D eigenvalue weighted by molar-refractivity contribution is 6.45. The Morgan fingerprint density at radius 2 is 1.73 bits per heavy atom. The van der Waals surface area contributed by atoms with Gasteiger partial charge in [-0.15, -0.1) is 6.58 Å². The number of para-hydroxylation sites is 1. The lowest BCUT2D eigenvalue weighted by Crippen LogP contribution is -2.44. The summed E-state index contributed by atoms with van der Waals surface area (Å²) >= 11 is 0. The second kappa shape index (κ2) is 8.76. The molecule has 160 valence electrons. The van der Waals surface area contributed by atoms with Crippen LogP contribution in [0.4, 0.5) is 23.7 Å². The molecule has 0 atom stereocenters. The van der Waals surface area contributed by atoms with Crippen LogP contribution >= 0.6 is 0 Å². The normalized spacial score (nSPS) is 14.2. The maximum Gasteiger partial charge on any atom is 0.418 e. The summed E-state index contributed by atoms with van der Waals surface area (Å²) < 4.78 is 39.0. The minimum atomic E-state index is -4.69. The summed E-state index contributed by atoms with van der Waals surface area (Å²) in [6.45, 7) is 1.68. The molecule has 0 bridgehead atoms. The minimum absolute atomic E-state index is 0.217. The highest BCUT2D eigenvalue weighted by Gasteiger charge is 2.44. The Kier molecular flexibility index (Phi) is 6.59. The molecule has 1 heterocycles. The molecule has 1 N–H and O–H groups in total. The molecule has 0 radical (unpaired) electrons. The van der Waals surface area contributed by atoms with E-state index in [0.29, 0.717) is 9.80 Å². The number of nitrogens with zero attached hydrogens (tertiary/aromatic N) is 3. The second-order valence-corrected chi connectivity index (χ2v) is 6.22. The Balaban J connectivity index is 2.01. The monoisotopic (exact) mass is 426 g/mol. The molecule has 1 aromatic carbocycles. The van der Waals surface area contributed by atoms with Gasteiger partial charge in [0.1, 0.15) is 6.54 Å². The van der Waals surface area contributed by atoms with E-state index >= 15 is 0 Å². The zero-order valence-electron chi connectivity index (χ0n) is 15.7. The summed E-state index contributed by atoms with van der Waals surface area (Å²) in [5.41, 5.74) is -1.53. The van der Waals surface area contributed by atoms with Gasteiger partial charge in [0, 0.05) is 13.6 Å². The molecule has 9 nitrogen and oxygen atoms in total. The number of benzene rings is 1. The van der Waals surface area contributed by atoms with E-state index in [4.69, 9.17) is 0 Å². The van der Waals surface area contributed by atoms with Gasteiger partial charge in [-0.25, -0.2) is 9.69 Å². The zero-order valence-corrected chi connectivity index (χ0v) is 15.7. The first kappa shape index (κ1) is 22.6. The van der Waals surface area contributed by atoms with E-state index in [1.54, 1.807) is 0 Å². The molecule has 0 saturated carbocycles. The second-order valence-electron chi connectivity index (χ2n) is 6.22. The van der Waals surface area contributed by atoms with E-state index < -0.39 is 60.2 Å². The summed E-state index contributed by atoms with van der Waals surface area (Å²) in [7, 11) is 1.16. The van der Waals surface area contributed by atoms with Crippen LogP contribution in [0.15, 0.2) is 36.9 Å². The number of likely N-dealkylation sites (N-methyl/N-ethyl adjacent to an activating group) is 1. The van der Waals surface area contributed by atoms with Gasteiger partial charge >= 0.3 is 24.0 Å². The van der Waals surface area contributed by atoms with Crippen molar-refractivity contribution in [3.63, 3.8) is 0 Å². The van der Waals surface area contributed by atoms with E-state index in [2.05, 4.69) is 11.9 Å². The van der Waals surface area contributed by atoms with Crippen LogP contribution < -0.4 is 5.32 Å². The summed E-state index contributed by atoms with van der Waals surface area (Å²) in [5, 5.41) is 2.07. The third kappa shape index (κ3) is 4.82. The first-order chi connectivity index (χ1) is 14.0. The maximum atomic E-state index is 13.0. The Hall–Kier alpha value is -3.70. The van der Waals surface area contributed by atoms with Gasteiger partial charge in [-0.05, 0) is 12.1 Å². The third-order valence-electron chi connectivity index (χ3n) is 4.05. The van der Waals surface area contributed by atoms with Crippen molar-refractivity contribution in [1.29, 1.82) is 0 Å². The van der Waals surface area contributed by atoms with Crippen LogP contribution in [0.5, 0.6) is 0 Å². The molecule has 1 aromatic rings. The zero-order chi connectivity index (χ0) is 22.6. The number of hydrogen-bond donors (Lipinski definition) is 1. The summed E-state index contributed by atoms with van der Waals surface area (Å²) in [6, 6.07) is 3.31. The van der Waals surface area contributed by atoms with E-state index in [1.165, 1.54) is 12.1 Å². The molecule has 12 heteroatoms. The molecule has 30 heavy (non-hydrogen) atoms. The highest BCUT2D eigenvalue weighted by Crippen LogP contribution is 2.34. The summed E-state index contributed by atoms with van der Waals surface area (Å²) in [4.78, 5) is 61.8. The third-order valence-corrected chi connectivity index (χ3v) is 4.05. The van der Waals surface area contributed by atoms with Gasteiger partial charge in [0.05, 0.1) is 17.8 Å². The molecule has 1 saturated heterocycles. The quantitative estimate of drug-likeness (QED) is 0.399. The lowest BCUT2D eigenvalue weighted by Gasteiger charge is -2.20. The van der Waals surface area contributed by atoms with Crippen LogP contribution in [-0.2, 0) is 25.4 Å². The molecule has 0 spiro atoms. The van der Waals surface area contributed by atoms with Crippen molar-refractivity contribution in [2.24, 2.45) is 0 Å². The molecule has 0 aliphatic carbocycles. The number of anilines is 1. The number of carbonyl (C=O) groups excluding carboxylic acids is 5. The van der Waals surface area contributed by atoms with Crippen LogP contribution in [0, 0.1) is 0 Å². The molecule has 0 unspecified atom stereocenters. The fourth-order valence-electron chi connectivity index (χ4n) is 2.57. The fourth-order valence-corrected chi connectivity index (χ4v) is 2.57. The van der Waals surface area contributed by atoms with Crippen molar-refractivity contribution in [3.8, 4) is 0 Å². The smallest absolute Gasteiger partial charge is 0.335 e. The number of nitrogens with one attached hydrogen (secondary N) is 1. The van der Waals surface area contributed by atoms with Crippen molar-refractivity contribution in [2.75, 3.05) is 32.0 Å². The van der Waals surface area contributed by atoms with Crippen molar-refractivity contribution >= 4 is 35.3 Å². The average molecular weight is 426 g/mol. The van der Waals surface area contributed by atoms with Crippen LogP contribution in [-0.4, -0.2) is 71.0 Å². The molecule has 1 aliphatic rings. The van der Waals surface area contributed by atoms with E-state index in [0.717, 1.165) is 30.1 Å². The number of urea groups is 1. The Labute approximate surface area is 168 Å². The molecular formula is C18H17F3N4O5. The molecule has 1 aliphatic heterocycles. The topological polar surface area (TPSA) is 107 Å². The first-order valence-corrected chi connectivity index (χ1v) is 8.45. The lowest BCUT2D eigenvalue weighted by atomic mass is 10.1. The molecule has 6 amide bonds. The van der Waals surface area contributed by atoms with Gasteiger partial charge in [-0.1, -0.05) is 18.2 Å². The Morgan fingerprint density at radius 3 is 2.33 bits per heavy atom. The van der Waals surface area contributed by atoms with Gasteiger partial charge in [0.25, 0.3) is 0 Å². The maximum absolute atomic E-state index is 13.0. The Bertz CT molecular complexity index is 915. The van der Waals surface area contributed by atoms with Gasteiger partial charge in [0.15, 0.2) is 0 Å². The average Bonchev–Trinajstić information content (AvgIpc) is 2.85. The van der Waals surface area contributed by atoms with Crippen LogP contribution in [0.2, 0.25) is 0 Å². The number of rotatable bonds is 7. The number of amides is 6. The van der Waals surface area contributed by atoms with Gasteiger partial charge < -0.3 is 10.2 Å². The van der Waals surface area contributed by atoms with Crippen LogP contribution in [0.25, 0.3) is 0 Å². The predicted octanol–water partition coefficient (Wildman–Crippen LogP) is 1.08. The standard InChI is InChI=1S/C18H17F3N4O5/c1-3-8-24-15(28)16(29)25(17(24)30)10-14(27)23(2)9-13(26)22-12-7-5-4-6-11(12)18(19,20)21/h3-7H,1,8-10H2,2H3,(H,22,26). The van der Waals surface area contributed by atoms with Crippen molar-refractivity contribution < 1.29 is 37.1 Å². The van der Waals surface area contributed by atoms with Crippen LogP contribution in [0.3, 0.4) is 0 Å². The molecular weight excluding hydrogens is 409 g/mol. The largest absolute Gasteiger partial charge is 0.418 e. The van der Waals surface area contributed by atoms with Gasteiger partial charge in [0.2, 0.25) is 11.8 Å². The molecule has 2 rings (SSSR count). The first-order valence-electron chi connectivity index (χ1n) is 8.45. The summed E-state index contributed by atoms with van der Waals surface area (Å²) in [5.74, 6) is -4.11. The Morgan fingerprint density at radius 1 is 1.13 bits per heavy atom. The van der Waals surface area contributed by atoms with Crippen molar-refractivity contribution in [2.45, 2.75) is 6.18 Å².